The van der Waals surface area contributed by atoms with Crippen LogP contribution in [-0.2, 0) is 6.54 Å². The van der Waals surface area contributed by atoms with Crippen molar-refractivity contribution in [3.05, 3.63) is 52.6 Å². The van der Waals surface area contributed by atoms with Crippen LogP contribution in [0.2, 0.25) is 0 Å². The van der Waals surface area contributed by atoms with E-state index in [0.29, 0.717) is 35.9 Å². The minimum atomic E-state index is -0.0350. The number of carbonyl (C=O) groups is 1. The molecular formula is C22H25NO4. The average molecular weight is 367 g/mol. The normalized spacial score (nSPS) is 19.3. The van der Waals surface area contributed by atoms with Gasteiger partial charge in [0.05, 0.1) is 0 Å². The van der Waals surface area contributed by atoms with Crippen LogP contribution in [0.5, 0.6) is 17.2 Å². The second-order valence-electron chi connectivity index (χ2n) is 7.60. The standard InChI is InChI=1S/C22H25NO4/c1-14-8-15(2)21(24)18(9-14)12-23-7-3-4-17(11-23)22(25)16-5-6-19-20(10-16)27-13-26-19/h5-6,8-10,17,24H,3-4,7,11-13H2,1-2H3. The number of carbonyl (C=O) groups excluding carboxylic acids is 1. The lowest BCUT2D eigenvalue weighted by Crippen LogP contribution is -2.38. The molecule has 0 aromatic heterocycles. The lowest BCUT2D eigenvalue weighted by atomic mass is 9.89. The maximum atomic E-state index is 13.0. The van der Waals surface area contributed by atoms with E-state index in [1.54, 1.807) is 6.07 Å². The van der Waals surface area contributed by atoms with Crippen molar-refractivity contribution >= 4 is 5.78 Å². The van der Waals surface area contributed by atoms with E-state index in [0.717, 1.165) is 36.1 Å². The number of aromatic hydroxyl groups is 1. The fourth-order valence-corrected chi connectivity index (χ4v) is 4.11. The van der Waals surface area contributed by atoms with Gasteiger partial charge in [0.2, 0.25) is 6.79 Å². The van der Waals surface area contributed by atoms with Crippen LogP contribution in [-0.4, -0.2) is 35.7 Å². The van der Waals surface area contributed by atoms with Crippen LogP contribution in [0.15, 0.2) is 30.3 Å². The Bertz CT molecular complexity index is 877. The number of Topliss-reactive ketones (excluding diaryl/α,β-unsaturated/α-hetero) is 1. The average Bonchev–Trinajstić information content (AvgIpc) is 3.13. The summed E-state index contributed by atoms with van der Waals surface area (Å²) in [5.74, 6) is 1.83. The second-order valence-corrected chi connectivity index (χ2v) is 7.60. The van der Waals surface area contributed by atoms with Crippen LogP contribution in [0.25, 0.3) is 0 Å². The summed E-state index contributed by atoms with van der Waals surface area (Å²) in [5.41, 5.74) is 3.66. The van der Waals surface area contributed by atoms with Crippen LogP contribution in [0.1, 0.15) is 39.9 Å². The summed E-state index contributed by atoms with van der Waals surface area (Å²) in [5, 5.41) is 10.4. The number of benzene rings is 2. The summed E-state index contributed by atoms with van der Waals surface area (Å²) in [6.45, 7) is 6.49. The molecule has 4 rings (SSSR count). The first kappa shape index (κ1) is 17.9. The molecule has 1 atom stereocenters. The molecule has 1 N–H and O–H groups in total. The Balaban J connectivity index is 1.47. The number of fused-ring (bicyclic) bond motifs is 1. The largest absolute Gasteiger partial charge is 0.507 e. The molecule has 0 amide bonds. The number of phenols is 1. The summed E-state index contributed by atoms with van der Waals surface area (Å²) in [7, 11) is 0. The number of ketones is 1. The zero-order chi connectivity index (χ0) is 19.0. The first-order chi connectivity index (χ1) is 13.0. The van der Waals surface area contributed by atoms with Crippen molar-refractivity contribution in [2.45, 2.75) is 33.2 Å². The van der Waals surface area contributed by atoms with E-state index >= 15 is 0 Å². The van der Waals surface area contributed by atoms with Crippen LogP contribution in [0.4, 0.5) is 0 Å². The summed E-state index contributed by atoms with van der Waals surface area (Å²) >= 11 is 0. The molecule has 2 aliphatic rings. The van der Waals surface area contributed by atoms with E-state index in [4.69, 9.17) is 9.47 Å². The van der Waals surface area contributed by atoms with Gasteiger partial charge in [-0.3, -0.25) is 9.69 Å². The highest BCUT2D eigenvalue weighted by Crippen LogP contribution is 2.34. The highest BCUT2D eigenvalue weighted by atomic mass is 16.7. The molecule has 1 fully saturated rings. The molecule has 2 heterocycles. The minimum Gasteiger partial charge on any atom is -0.507 e. The Morgan fingerprint density at radius 2 is 2.00 bits per heavy atom. The van der Waals surface area contributed by atoms with Gasteiger partial charge in [-0.15, -0.1) is 0 Å². The van der Waals surface area contributed by atoms with Crippen molar-refractivity contribution in [2.75, 3.05) is 19.9 Å². The van der Waals surface area contributed by atoms with Crippen molar-refractivity contribution < 1.29 is 19.4 Å². The third-order valence-electron chi connectivity index (χ3n) is 5.45. The number of piperidine rings is 1. The molecule has 0 spiro atoms. The lowest BCUT2D eigenvalue weighted by molar-refractivity contribution is 0.0810. The molecule has 0 radical (unpaired) electrons. The number of phenolic OH excluding ortho intramolecular Hbond substituents is 1. The highest BCUT2D eigenvalue weighted by molar-refractivity contribution is 5.98. The SMILES string of the molecule is Cc1cc(C)c(O)c(CN2CCCC(C(=O)c3ccc4c(c3)OCO4)C2)c1. The number of rotatable bonds is 4. The van der Waals surface area contributed by atoms with E-state index < -0.39 is 0 Å². The molecule has 1 saturated heterocycles. The molecule has 5 heteroatoms. The fraction of sp³-hybridized carbons (Fsp3) is 0.409. The van der Waals surface area contributed by atoms with Gasteiger partial charge in [0.15, 0.2) is 17.3 Å². The maximum Gasteiger partial charge on any atom is 0.231 e. The number of aryl methyl sites for hydroxylation is 2. The second kappa shape index (κ2) is 7.24. The summed E-state index contributed by atoms with van der Waals surface area (Å²) in [6, 6.07) is 9.44. The predicted molar refractivity (Wildman–Crippen MR) is 102 cm³/mol. The van der Waals surface area contributed by atoms with Gasteiger partial charge in [-0.2, -0.15) is 0 Å². The molecule has 27 heavy (non-hydrogen) atoms. The zero-order valence-electron chi connectivity index (χ0n) is 15.8. The molecule has 2 aromatic carbocycles. The van der Waals surface area contributed by atoms with E-state index in [-0.39, 0.29) is 18.5 Å². The minimum absolute atomic E-state index is 0.0350. The fourth-order valence-electron chi connectivity index (χ4n) is 4.11. The Hall–Kier alpha value is -2.53. The molecule has 5 nitrogen and oxygen atoms in total. The first-order valence-corrected chi connectivity index (χ1v) is 9.46. The van der Waals surface area contributed by atoms with Gasteiger partial charge in [0.25, 0.3) is 0 Å². The number of nitrogens with zero attached hydrogens (tertiary/aromatic N) is 1. The van der Waals surface area contributed by atoms with E-state index in [9.17, 15) is 9.90 Å². The van der Waals surface area contributed by atoms with Gasteiger partial charge in [0, 0.05) is 30.1 Å². The monoisotopic (exact) mass is 367 g/mol. The molecule has 1 unspecified atom stereocenters. The third kappa shape index (κ3) is 3.65. The van der Waals surface area contributed by atoms with Crippen LogP contribution < -0.4 is 9.47 Å². The first-order valence-electron chi connectivity index (χ1n) is 9.46. The quantitative estimate of drug-likeness (QED) is 0.832. The molecule has 2 aromatic rings. The van der Waals surface area contributed by atoms with E-state index in [1.807, 2.05) is 38.1 Å². The topological polar surface area (TPSA) is 59.0 Å². The number of hydrogen-bond donors (Lipinski definition) is 1. The number of likely N-dealkylation sites (tertiary alicyclic amines) is 1. The zero-order valence-corrected chi connectivity index (χ0v) is 15.8. The van der Waals surface area contributed by atoms with Crippen LogP contribution >= 0.6 is 0 Å². The number of hydrogen-bond acceptors (Lipinski definition) is 5. The van der Waals surface area contributed by atoms with E-state index in [1.165, 1.54) is 0 Å². The van der Waals surface area contributed by atoms with Gasteiger partial charge in [0.1, 0.15) is 5.75 Å². The van der Waals surface area contributed by atoms with Gasteiger partial charge >= 0.3 is 0 Å². The van der Waals surface area contributed by atoms with Gasteiger partial charge < -0.3 is 14.6 Å². The molecule has 0 bridgehead atoms. The lowest BCUT2D eigenvalue weighted by Gasteiger charge is -2.32. The van der Waals surface area contributed by atoms with Gasteiger partial charge in [-0.25, -0.2) is 0 Å². The van der Waals surface area contributed by atoms with Crippen molar-refractivity contribution in [3.63, 3.8) is 0 Å². The van der Waals surface area contributed by atoms with Crippen LogP contribution in [0.3, 0.4) is 0 Å². The van der Waals surface area contributed by atoms with Crippen molar-refractivity contribution in [3.8, 4) is 17.2 Å². The summed E-state index contributed by atoms with van der Waals surface area (Å²) in [4.78, 5) is 15.3. The number of ether oxygens (including phenoxy) is 2. The summed E-state index contributed by atoms with van der Waals surface area (Å²) in [6.07, 6.45) is 1.87. The Kier molecular flexibility index (Phi) is 4.79. The third-order valence-corrected chi connectivity index (χ3v) is 5.45. The van der Waals surface area contributed by atoms with E-state index in [2.05, 4.69) is 4.90 Å². The van der Waals surface area contributed by atoms with Crippen molar-refractivity contribution in [2.24, 2.45) is 5.92 Å². The Labute approximate surface area is 159 Å². The predicted octanol–water partition coefficient (Wildman–Crippen LogP) is 3.83. The van der Waals surface area contributed by atoms with Crippen molar-refractivity contribution in [1.82, 2.24) is 4.90 Å². The maximum absolute atomic E-state index is 13.0. The van der Waals surface area contributed by atoms with Crippen molar-refractivity contribution in [1.29, 1.82) is 0 Å². The highest BCUT2D eigenvalue weighted by Gasteiger charge is 2.28. The Morgan fingerprint density at radius 3 is 2.85 bits per heavy atom. The van der Waals surface area contributed by atoms with Gasteiger partial charge in [-0.05, 0) is 57.0 Å². The van der Waals surface area contributed by atoms with Crippen LogP contribution in [0, 0.1) is 19.8 Å². The molecular weight excluding hydrogens is 342 g/mol. The molecule has 142 valence electrons. The molecule has 0 aliphatic carbocycles. The summed E-state index contributed by atoms with van der Waals surface area (Å²) < 4.78 is 10.7. The Morgan fingerprint density at radius 1 is 1.19 bits per heavy atom. The molecule has 0 saturated carbocycles. The molecule has 2 aliphatic heterocycles. The van der Waals surface area contributed by atoms with Gasteiger partial charge in [-0.1, -0.05) is 17.7 Å². The smallest absolute Gasteiger partial charge is 0.231 e.